The van der Waals surface area contributed by atoms with Crippen LogP contribution in [0.25, 0.3) is 0 Å². The molecule has 2 aromatic rings. The summed E-state index contributed by atoms with van der Waals surface area (Å²) in [7, 11) is 1.52. The number of rotatable bonds is 5. The van der Waals surface area contributed by atoms with Gasteiger partial charge in [0.1, 0.15) is 5.54 Å². The number of likely N-dealkylation sites (tertiary alicyclic amines) is 1. The number of nitrogens with zero attached hydrogens (tertiary/aromatic N) is 2. The van der Waals surface area contributed by atoms with Crippen LogP contribution in [0.3, 0.4) is 0 Å². The van der Waals surface area contributed by atoms with Crippen molar-refractivity contribution in [3.8, 4) is 0 Å². The van der Waals surface area contributed by atoms with E-state index in [-0.39, 0.29) is 23.8 Å². The highest BCUT2D eigenvalue weighted by Crippen LogP contribution is 2.55. The lowest BCUT2D eigenvalue weighted by Crippen LogP contribution is -2.54. The van der Waals surface area contributed by atoms with Gasteiger partial charge in [0.25, 0.3) is 5.91 Å². The topological polar surface area (TPSA) is 69.7 Å². The third kappa shape index (κ3) is 2.87. The highest BCUT2D eigenvalue weighted by Gasteiger charge is 2.70. The van der Waals surface area contributed by atoms with Crippen molar-refractivity contribution in [1.82, 2.24) is 10.2 Å². The first-order valence-electron chi connectivity index (χ1n) is 10.6. The van der Waals surface area contributed by atoms with Gasteiger partial charge in [0.15, 0.2) is 0 Å². The maximum Gasteiger partial charge on any atom is 0.253 e. The smallest absolute Gasteiger partial charge is 0.253 e. The van der Waals surface area contributed by atoms with Crippen molar-refractivity contribution in [3.63, 3.8) is 0 Å². The minimum Gasteiger partial charge on any atom is -0.306 e. The molecule has 4 atom stereocenters. The molecule has 1 N–H and O–H groups in total. The second-order valence-corrected chi connectivity index (χ2v) is 9.97. The summed E-state index contributed by atoms with van der Waals surface area (Å²) in [4.78, 5) is 43.4. The van der Waals surface area contributed by atoms with E-state index in [9.17, 15) is 14.4 Å². The Morgan fingerprint density at radius 2 is 1.78 bits per heavy atom. The van der Waals surface area contributed by atoms with Crippen LogP contribution in [0.15, 0.2) is 48.5 Å². The van der Waals surface area contributed by atoms with Crippen LogP contribution < -0.4 is 10.2 Å². The first kappa shape index (κ1) is 21.5. The average molecular weight is 470 g/mol. The lowest BCUT2D eigenvalue weighted by Gasteiger charge is -2.30. The molecule has 0 aromatic heterocycles. The van der Waals surface area contributed by atoms with Gasteiger partial charge in [-0.3, -0.25) is 24.6 Å². The molecule has 3 amide bonds. The Labute approximate surface area is 196 Å². The van der Waals surface area contributed by atoms with Crippen LogP contribution >= 0.6 is 23.4 Å². The third-order valence-electron chi connectivity index (χ3n) is 7.01. The number of hydrogen-bond donors (Lipinski definition) is 1. The number of nitrogens with one attached hydrogen (secondary N) is 1. The molecule has 8 heteroatoms. The van der Waals surface area contributed by atoms with E-state index in [1.807, 2.05) is 48.7 Å². The summed E-state index contributed by atoms with van der Waals surface area (Å²) in [5.41, 5.74) is 1.09. The molecule has 3 heterocycles. The summed E-state index contributed by atoms with van der Waals surface area (Å²) >= 11 is 8.09. The van der Waals surface area contributed by atoms with Crippen molar-refractivity contribution in [2.75, 3.05) is 24.0 Å². The second-order valence-electron chi connectivity index (χ2n) is 8.58. The second kappa shape index (κ2) is 7.90. The molecule has 3 aliphatic heterocycles. The molecule has 0 bridgehead atoms. The molecule has 0 unspecified atom stereocenters. The fraction of sp³-hybridized carbons (Fsp3) is 0.375. The van der Waals surface area contributed by atoms with Gasteiger partial charge in [-0.15, -0.1) is 0 Å². The van der Waals surface area contributed by atoms with Gasteiger partial charge in [-0.05, 0) is 36.1 Å². The van der Waals surface area contributed by atoms with Crippen LogP contribution in [-0.2, 0) is 26.5 Å². The zero-order valence-corrected chi connectivity index (χ0v) is 19.4. The van der Waals surface area contributed by atoms with Gasteiger partial charge in [0, 0.05) is 29.4 Å². The standard InChI is InChI=1S/C24H24ClN3O3S/c1-27-21(29)19-17(11-12-32-2)26-24(20(19)22(27)30)15-8-4-6-10-18(15)28(23(24)31)13-14-7-3-5-9-16(14)25/h3-10,17,19-20,26H,11-13H2,1-2H3/t17-,19+,20+,24-/m0/s1. The highest BCUT2D eigenvalue weighted by atomic mass is 35.5. The summed E-state index contributed by atoms with van der Waals surface area (Å²) in [6, 6.07) is 14.8. The molecular formula is C24H24ClN3O3S. The summed E-state index contributed by atoms with van der Waals surface area (Å²) < 4.78 is 0. The Balaban J connectivity index is 1.63. The van der Waals surface area contributed by atoms with Crippen LogP contribution in [0.4, 0.5) is 5.69 Å². The Morgan fingerprint density at radius 1 is 1.06 bits per heavy atom. The van der Waals surface area contributed by atoms with Gasteiger partial charge in [-0.2, -0.15) is 11.8 Å². The largest absolute Gasteiger partial charge is 0.306 e. The number of benzene rings is 2. The molecule has 166 valence electrons. The maximum absolute atomic E-state index is 14.2. The lowest BCUT2D eigenvalue weighted by atomic mass is 9.76. The first-order valence-corrected chi connectivity index (χ1v) is 12.4. The summed E-state index contributed by atoms with van der Waals surface area (Å²) in [6.45, 7) is 0.295. The van der Waals surface area contributed by atoms with Gasteiger partial charge in [-0.25, -0.2) is 0 Å². The van der Waals surface area contributed by atoms with E-state index in [2.05, 4.69) is 5.32 Å². The Morgan fingerprint density at radius 3 is 2.53 bits per heavy atom. The molecular weight excluding hydrogens is 446 g/mol. The Bertz CT molecular complexity index is 1130. The van der Waals surface area contributed by atoms with Crippen molar-refractivity contribution < 1.29 is 14.4 Å². The van der Waals surface area contributed by atoms with Crippen molar-refractivity contribution in [2.45, 2.75) is 24.5 Å². The number of hydrogen-bond acceptors (Lipinski definition) is 5. The van der Waals surface area contributed by atoms with E-state index >= 15 is 0 Å². The molecule has 5 rings (SSSR count). The molecule has 0 radical (unpaired) electrons. The molecule has 2 aromatic carbocycles. The molecule has 2 fully saturated rings. The predicted octanol–water partition coefficient (Wildman–Crippen LogP) is 3.04. The molecule has 6 nitrogen and oxygen atoms in total. The SMILES string of the molecule is CSCC[C@@H]1N[C@]2(C(=O)N(Cc3ccccc3Cl)c3ccccc32)[C@H]2C(=O)N(C)C(=O)[C@H]12. The first-order chi connectivity index (χ1) is 15.4. The number of thioether (sulfide) groups is 1. The maximum atomic E-state index is 14.2. The monoisotopic (exact) mass is 469 g/mol. The summed E-state index contributed by atoms with van der Waals surface area (Å²) in [5.74, 6) is -1.15. The molecule has 3 aliphatic rings. The van der Waals surface area contributed by atoms with Crippen LogP contribution in [0.2, 0.25) is 5.02 Å². The zero-order chi connectivity index (χ0) is 22.6. The number of carbonyl (C=O) groups is 3. The Hall–Kier alpha value is -2.35. The molecule has 0 saturated carbocycles. The molecule has 0 aliphatic carbocycles. The van der Waals surface area contributed by atoms with Gasteiger partial charge >= 0.3 is 0 Å². The van der Waals surface area contributed by atoms with Crippen LogP contribution in [0.1, 0.15) is 17.5 Å². The van der Waals surface area contributed by atoms with Crippen molar-refractivity contribution in [3.05, 3.63) is 64.7 Å². The van der Waals surface area contributed by atoms with Gasteiger partial charge in [0.2, 0.25) is 11.8 Å². The highest BCUT2D eigenvalue weighted by molar-refractivity contribution is 7.98. The minimum atomic E-state index is -1.25. The van der Waals surface area contributed by atoms with Crippen molar-refractivity contribution in [1.29, 1.82) is 0 Å². The van der Waals surface area contributed by atoms with Crippen LogP contribution in [0, 0.1) is 11.8 Å². The fourth-order valence-electron chi connectivity index (χ4n) is 5.54. The number of amides is 3. The van der Waals surface area contributed by atoms with E-state index in [4.69, 9.17) is 11.6 Å². The molecule has 2 saturated heterocycles. The number of imide groups is 1. The predicted molar refractivity (Wildman–Crippen MR) is 125 cm³/mol. The molecule has 32 heavy (non-hydrogen) atoms. The average Bonchev–Trinajstić information content (AvgIpc) is 3.34. The Kier molecular flexibility index (Phi) is 5.31. The van der Waals surface area contributed by atoms with Crippen molar-refractivity contribution >= 4 is 46.8 Å². The number of halogens is 1. The molecule has 1 spiro atoms. The third-order valence-corrected chi connectivity index (χ3v) is 8.02. The fourth-order valence-corrected chi connectivity index (χ4v) is 6.22. The lowest BCUT2D eigenvalue weighted by molar-refractivity contribution is -0.141. The van der Waals surface area contributed by atoms with E-state index < -0.39 is 17.4 Å². The van der Waals surface area contributed by atoms with E-state index in [1.54, 1.807) is 22.7 Å². The normalized spacial score (nSPS) is 28.7. The number of para-hydroxylation sites is 1. The van der Waals surface area contributed by atoms with Gasteiger partial charge in [0.05, 0.1) is 18.4 Å². The van der Waals surface area contributed by atoms with Crippen LogP contribution in [0.5, 0.6) is 0 Å². The van der Waals surface area contributed by atoms with Gasteiger partial charge in [-0.1, -0.05) is 48.0 Å². The minimum absolute atomic E-state index is 0.197. The zero-order valence-electron chi connectivity index (χ0n) is 17.9. The van der Waals surface area contributed by atoms with E-state index in [1.165, 1.54) is 11.9 Å². The van der Waals surface area contributed by atoms with Crippen LogP contribution in [-0.4, -0.2) is 47.7 Å². The number of anilines is 1. The van der Waals surface area contributed by atoms with E-state index in [0.29, 0.717) is 18.0 Å². The summed E-state index contributed by atoms with van der Waals surface area (Å²) in [6.07, 6.45) is 2.72. The summed E-state index contributed by atoms with van der Waals surface area (Å²) in [5, 5.41) is 4.10. The van der Waals surface area contributed by atoms with Crippen molar-refractivity contribution in [2.24, 2.45) is 11.8 Å². The van der Waals surface area contributed by atoms with Gasteiger partial charge < -0.3 is 4.90 Å². The quantitative estimate of drug-likeness (QED) is 0.681. The number of fused-ring (bicyclic) bond motifs is 4. The van der Waals surface area contributed by atoms with E-state index in [0.717, 1.165) is 22.6 Å². The number of carbonyl (C=O) groups excluding carboxylic acids is 3.